The maximum Gasteiger partial charge on any atom is 0.272 e. The van der Waals surface area contributed by atoms with Gasteiger partial charge in [-0.3, -0.25) is 9.89 Å². The molecule has 1 aromatic carbocycles. The van der Waals surface area contributed by atoms with Gasteiger partial charge in [-0.25, -0.2) is 0 Å². The molecule has 0 aliphatic carbocycles. The maximum atomic E-state index is 12.4. The van der Waals surface area contributed by atoms with E-state index >= 15 is 0 Å². The van der Waals surface area contributed by atoms with Crippen molar-refractivity contribution in [2.75, 3.05) is 13.1 Å². The van der Waals surface area contributed by atoms with Gasteiger partial charge in [-0.05, 0) is 30.9 Å². The van der Waals surface area contributed by atoms with Crippen LogP contribution in [0.5, 0.6) is 0 Å². The first-order chi connectivity index (χ1) is 10.1. The number of piperidine rings is 1. The van der Waals surface area contributed by atoms with Crippen LogP contribution in [-0.2, 0) is 0 Å². The number of para-hydroxylation sites is 1. The SMILES string of the molecule is CC1(C)CCCNC1CNC(=O)c1n[nH]c2ccccc12. The summed E-state index contributed by atoms with van der Waals surface area (Å²) < 4.78 is 0. The third-order valence-electron chi connectivity index (χ3n) is 4.48. The lowest BCUT2D eigenvalue weighted by Crippen LogP contribution is -2.52. The highest BCUT2D eigenvalue weighted by Gasteiger charge is 2.32. The van der Waals surface area contributed by atoms with Gasteiger partial charge in [0.05, 0.1) is 5.52 Å². The Kier molecular flexibility index (Phi) is 3.68. The van der Waals surface area contributed by atoms with E-state index in [1.807, 2.05) is 24.3 Å². The normalized spacial score (nSPS) is 21.3. The van der Waals surface area contributed by atoms with Crippen molar-refractivity contribution in [1.82, 2.24) is 20.8 Å². The van der Waals surface area contributed by atoms with Crippen molar-refractivity contribution >= 4 is 16.8 Å². The molecule has 3 rings (SSSR count). The molecule has 1 aliphatic rings. The van der Waals surface area contributed by atoms with Crippen molar-refractivity contribution in [2.24, 2.45) is 5.41 Å². The number of aromatic nitrogens is 2. The van der Waals surface area contributed by atoms with E-state index in [0.29, 0.717) is 18.3 Å². The minimum atomic E-state index is -0.115. The Morgan fingerprint density at radius 2 is 2.24 bits per heavy atom. The molecule has 21 heavy (non-hydrogen) atoms. The summed E-state index contributed by atoms with van der Waals surface area (Å²) in [6.45, 7) is 6.15. The van der Waals surface area contributed by atoms with E-state index in [4.69, 9.17) is 0 Å². The van der Waals surface area contributed by atoms with Crippen LogP contribution in [0.1, 0.15) is 37.2 Å². The summed E-state index contributed by atoms with van der Waals surface area (Å²) in [5, 5.41) is 14.4. The highest BCUT2D eigenvalue weighted by molar-refractivity contribution is 6.04. The molecule has 0 radical (unpaired) electrons. The molecule has 1 unspecified atom stereocenters. The zero-order valence-electron chi connectivity index (χ0n) is 12.6. The number of rotatable bonds is 3. The van der Waals surface area contributed by atoms with Crippen molar-refractivity contribution in [1.29, 1.82) is 0 Å². The van der Waals surface area contributed by atoms with Gasteiger partial charge in [0.15, 0.2) is 5.69 Å². The van der Waals surface area contributed by atoms with Gasteiger partial charge in [0.25, 0.3) is 5.91 Å². The van der Waals surface area contributed by atoms with Crippen molar-refractivity contribution < 1.29 is 4.79 Å². The van der Waals surface area contributed by atoms with Gasteiger partial charge in [-0.15, -0.1) is 0 Å². The van der Waals surface area contributed by atoms with Gasteiger partial charge in [0.2, 0.25) is 0 Å². The fraction of sp³-hybridized carbons (Fsp3) is 0.500. The first-order valence-corrected chi connectivity index (χ1v) is 7.52. The summed E-state index contributed by atoms with van der Waals surface area (Å²) in [6, 6.07) is 7.99. The van der Waals surface area contributed by atoms with E-state index in [-0.39, 0.29) is 11.3 Å². The molecule has 5 nitrogen and oxygen atoms in total. The second-order valence-corrected chi connectivity index (χ2v) is 6.43. The molecule has 1 aromatic heterocycles. The Morgan fingerprint density at radius 3 is 3.05 bits per heavy atom. The van der Waals surface area contributed by atoms with Crippen LogP contribution in [0, 0.1) is 5.41 Å². The molecule has 1 atom stereocenters. The number of carbonyl (C=O) groups excluding carboxylic acids is 1. The molecule has 1 amide bonds. The molecule has 5 heteroatoms. The van der Waals surface area contributed by atoms with Gasteiger partial charge >= 0.3 is 0 Å². The van der Waals surface area contributed by atoms with Crippen LogP contribution in [0.15, 0.2) is 24.3 Å². The van der Waals surface area contributed by atoms with E-state index in [2.05, 4.69) is 34.7 Å². The number of fused-ring (bicyclic) bond motifs is 1. The number of benzene rings is 1. The topological polar surface area (TPSA) is 69.8 Å². The summed E-state index contributed by atoms with van der Waals surface area (Å²) in [5.41, 5.74) is 1.57. The molecular weight excluding hydrogens is 264 g/mol. The van der Waals surface area contributed by atoms with Crippen LogP contribution in [0.3, 0.4) is 0 Å². The number of carbonyl (C=O) groups is 1. The lowest BCUT2D eigenvalue weighted by atomic mass is 9.77. The Morgan fingerprint density at radius 1 is 1.43 bits per heavy atom. The summed E-state index contributed by atoms with van der Waals surface area (Å²) in [7, 11) is 0. The Bertz CT molecular complexity index is 647. The fourth-order valence-corrected chi connectivity index (χ4v) is 3.03. The standard InChI is InChI=1S/C16H22N4O/c1-16(2)8-5-9-17-13(16)10-18-15(21)14-11-6-3-4-7-12(11)19-20-14/h3-4,6-7,13,17H,5,8-10H2,1-2H3,(H,18,21)(H,19,20). The fourth-order valence-electron chi connectivity index (χ4n) is 3.03. The van der Waals surface area contributed by atoms with E-state index < -0.39 is 0 Å². The maximum absolute atomic E-state index is 12.4. The molecule has 1 aliphatic heterocycles. The van der Waals surface area contributed by atoms with Gasteiger partial charge in [0, 0.05) is 18.0 Å². The molecule has 3 N–H and O–H groups in total. The lowest BCUT2D eigenvalue weighted by molar-refractivity contribution is 0.0925. The van der Waals surface area contributed by atoms with Crippen molar-refractivity contribution in [3.63, 3.8) is 0 Å². The number of H-pyrrole nitrogens is 1. The molecule has 2 heterocycles. The van der Waals surface area contributed by atoms with Crippen LogP contribution >= 0.6 is 0 Å². The second-order valence-electron chi connectivity index (χ2n) is 6.43. The lowest BCUT2D eigenvalue weighted by Gasteiger charge is -2.39. The molecule has 0 saturated carbocycles. The van der Waals surface area contributed by atoms with E-state index in [9.17, 15) is 4.79 Å². The first kappa shape index (κ1) is 14.1. The molecule has 0 spiro atoms. The van der Waals surface area contributed by atoms with Crippen molar-refractivity contribution in [3.8, 4) is 0 Å². The third-order valence-corrected chi connectivity index (χ3v) is 4.48. The summed E-state index contributed by atoms with van der Waals surface area (Å²) in [6.07, 6.45) is 2.38. The monoisotopic (exact) mass is 286 g/mol. The number of aromatic amines is 1. The Hall–Kier alpha value is -1.88. The van der Waals surface area contributed by atoms with Crippen molar-refractivity contribution in [3.05, 3.63) is 30.0 Å². The molecular formula is C16H22N4O. The molecule has 1 fully saturated rings. The van der Waals surface area contributed by atoms with Gasteiger partial charge in [0.1, 0.15) is 0 Å². The molecule has 112 valence electrons. The van der Waals surface area contributed by atoms with Crippen LogP contribution in [0.25, 0.3) is 10.9 Å². The van der Waals surface area contributed by atoms with E-state index in [1.165, 1.54) is 12.8 Å². The largest absolute Gasteiger partial charge is 0.349 e. The minimum absolute atomic E-state index is 0.115. The number of hydrogen-bond acceptors (Lipinski definition) is 3. The average Bonchev–Trinajstić information content (AvgIpc) is 2.89. The first-order valence-electron chi connectivity index (χ1n) is 7.52. The molecule has 2 aromatic rings. The number of nitrogens with one attached hydrogen (secondary N) is 3. The summed E-state index contributed by atoms with van der Waals surface area (Å²) >= 11 is 0. The van der Waals surface area contributed by atoms with Crippen LogP contribution in [-0.4, -0.2) is 35.2 Å². The van der Waals surface area contributed by atoms with Gasteiger partial charge < -0.3 is 10.6 Å². The van der Waals surface area contributed by atoms with Gasteiger partial charge in [-0.2, -0.15) is 5.10 Å². The quantitative estimate of drug-likeness (QED) is 0.809. The predicted octanol–water partition coefficient (Wildman–Crippen LogP) is 2.07. The predicted molar refractivity (Wildman–Crippen MR) is 83.2 cm³/mol. The highest BCUT2D eigenvalue weighted by atomic mass is 16.1. The van der Waals surface area contributed by atoms with Crippen LogP contribution in [0.4, 0.5) is 0 Å². The minimum Gasteiger partial charge on any atom is -0.349 e. The Balaban J connectivity index is 1.69. The third kappa shape index (κ3) is 2.78. The Labute approximate surface area is 124 Å². The van der Waals surface area contributed by atoms with Crippen molar-refractivity contribution in [2.45, 2.75) is 32.7 Å². The zero-order chi connectivity index (χ0) is 14.9. The smallest absolute Gasteiger partial charge is 0.272 e. The average molecular weight is 286 g/mol. The summed E-state index contributed by atoms with van der Waals surface area (Å²) in [5.74, 6) is -0.115. The summed E-state index contributed by atoms with van der Waals surface area (Å²) in [4.78, 5) is 12.4. The molecule has 0 bridgehead atoms. The second kappa shape index (κ2) is 5.48. The van der Waals surface area contributed by atoms with E-state index in [1.54, 1.807) is 0 Å². The van der Waals surface area contributed by atoms with Crippen LogP contribution in [0.2, 0.25) is 0 Å². The van der Waals surface area contributed by atoms with Crippen LogP contribution < -0.4 is 10.6 Å². The zero-order valence-corrected chi connectivity index (χ0v) is 12.6. The van der Waals surface area contributed by atoms with Gasteiger partial charge in [-0.1, -0.05) is 32.0 Å². The number of amides is 1. The molecule has 1 saturated heterocycles. The van der Waals surface area contributed by atoms with E-state index in [0.717, 1.165) is 17.4 Å². The number of nitrogens with zero attached hydrogens (tertiary/aromatic N) is 1. The number of hydrogen-bond donors (Lipinski definition) is 3. The highest BCUT2D eigenvalue weighted by Crippen LogP contribution is 2.29.